The lowest BCUT2D eigenvalue weighted by Crippen LogP contribution is -1.86. The first-order valence-corrected chi connectivity index (χ1v) is 3.89. The molecule has 0 amide bonds. The molecule has 54 valence electrons. The molecule has 1 nitrogen and oxygen atoms in total. The molecule has 1 aromatic rings. The summed E-state index contributed by atoms with van der Waals surface area (Å²) in [6.45, 7) is 0. The highest BCUT2D eigenvalue weighted by Crippen LogP contribution is 2.31. The van der Waals surface area contributed by atoms with Crippen molar-refractivity contribution in [2.45, 2.75) is 18.8 Å². The summed E-state index contributed by atoms with van der Waals surface area (Å²) in [5.74, 6) is 0.159. The molecule has 0 fully saturated rings. The van der Waals surface area contributed by atoms with E-state index in [0.717, 1.165) is 12.8 Å². The van der Waals surface area contributed by atoms with Gasteiger partial charge in [-0.25, -0.2) is 0 Å². The summed E-state index contributed by atoms with van der Waals surface area (Å²) < 4.78 is 0. The van der Waals surface area contributed by atoms with E-state index < -0.39 is 0 Å². The van der Waals surface area contributed by atoms with Gasteiger partial charge in [0, 0.05) is 0 Å². The Morgan fingerprint density at radius 2 is 2.18 bits per heavy atom. The molecule has 2 rings (SSSR count). The van der Waals surface area contributed by atoms with Gasteiger partial charge < -0.3 is 0 Å². The average molecular weight is 143 g/mol. The molecule has 1 aromatic carbocycles. The molecule has 1 heteroatoms. The molecular formula is C10H9N. The van der Waals surface area contributed by atoms with E-state index in [1.54, 1.807) is 0 Å². The van der Waals surface area contributed by atoms with E-state index in [4.69, 9.17) is 5.26 Å². The van der Waals surface area contributed by atoms with Crippen LogP contribution >= 0.6 is 0 Å². The molecule has 0 aromatic heterocycles. The summed E-state index contributed by atoms with van der Waals surface area (Å²) in [6, 6.07) is 10.6. The van der Waals surface area contributed by atoms with Gasteiger partial charge in [-0.05, 0) is 24.0 Å². The van der Waals surface area contributed by atoms with Crippen molar-refractivity contribution >= 4 is 0 Å². The third-order valence-electron chi connectivity index (χ3n) is 2.29. The highest BCUT2D eigenvalue weighted by Gasteiger charge is 2.20. The Morgan fingerprint density at radius 3 is 3.00 bits per heavy atom. The van der Waals surface area contributed by atoms with E-state index in [1.807, 2.05) is 12.1 Å². The van der Waals surface area contributed by atoms with Crippen molar-refractivity contribution < 1.29 is 0 Å². The Kier molecular flexibility index (Phi) is 1.40. The lowest BCUT2D eigenvalue weighted by atomic mass is 10.0. The predicted molar refractivity (Wildman–Crippen MR) is 43.1 cm³/mol. The fraction of sp³-hybridized carbons (Fsp3) is 0.300. The van der Waals surface area contributed by atoms with E-state index in [-0.39, 0.29) is 5.92 Å². The number of aryl methyl sites for hydroxylation is 1. The fourth-order valence-corrected chi connectivity index (χ4v) is 1.69. The topological polar surface area (TPSA) is 23.8 Å². The molecule has 1 aliphatic carbocycles. The minimum atomic E-state index is 0.159. The van der Waals surface area contributed by atoms with Gasteiger partial charge in [0.2, 0.25) is 0 Å². The predicted octanol–water partition coefficient (Wildman–Crippen LogP) is 2.24. The summed E-state index contributed by atoms with van der Waals surface area (Å²) in [5, 5.41) is 8.76. The van der Waals surface area contributed by atoms with Crippen LogP contribution in [0, 0.1) is 11.3 Å². The summed E-state index contributed by atoms with van der Waals surface area (Å²) in [7, 11) is 0. The van der Waals surface area contributed by atoms with Crippen molar-refractivity contribution in [2.75, 3.05) is 0 Å². The first kappa shape index (κ1) is 6.42. The number of benzene rings is 1. The summed E-state index contributed by atoms with van der Waals surface area (Å²) in [6.07, 6.45) is 2.09. The maximum absolute atomic E-state index is 8.76. The van der Waals surface area contributed by atoms with Crippen molar-refractivity contribution in [3.8, 4) is 6.07 Å². The lowest BCUT2D eigenvalue weighted by molar-refractivity contribution is 0.826. The Bertz CT molecular complexity index is 309. The minimum Gasteiger partial charge on any atom is -0.198 e. The Balaban J connectivity index is 2.49. The van der Waals surface area contributed by atoms with Gasteiger partial charge in [-0.15, -0.1) is 0 Å². The number of nitrogens with zero attached hydrogens (tertiary/aromatic N) is 1. The number of hydrogen-bond acceptors (Lipinski definition) is 1. The van der Waals surface area contributed by atoms with Crippen molar-refractivity contribution in [1.82, 2.24) is 0 Å². The quantitative estimate of drug-likeness (QED) is 0.546. The van der Waals surface area contributed by atoms with E-state index >= 15 is 0 Å². The minimum absolute atomic E-state index is 0.159. The van der Waals surface area contributed by atoms with Crippen LogP contribution < -0.4 is 0 Å². The Hall–Kier alpha value is -1.29. The number of hydrogen-bond donors (Lipinski definition) is 0. The van der Waals surface area contributed by atoms with Crippen LogP contribution in [0.5, 0.6) is 0 Å². The standard InChI is InChI=1S/C10H9N/c11-7-9-6-5-8-3-1-2-4-10(8)9/h1-4,9H,5-6H2/t9-/m1/s1. The van der Waals surface area contributed by atoms with Crippen LogP contribution in [0.3, 0.4) is 0 Å². The second kappa shape index (κ2) is 2.39. The van der Waals surface area contributed by atoms with E-state index in [9.17, 15) is 0 Å². The van der Waals surface area contributed by atoms with Crippen LogP contribution in [-0.4, -0.2) is 0 Å². The number of nitriles is 1. The van der Waals surface area contributed by atoms with Crippen LogP contribution in [-0.2, 0) is 6.42 Å². The van der Waals surface area contributed by atoms with Gasteiger partial charge >= 0.3 is 0 Å². The molecule has 0 saturated heterocycles. The third-order valence-corrected chi connectivity index (χ3v) is 2.29. The van der Waals surface area contributed by atoms with Gasteiger partial charge in [-0.3, -0.25) is 0 Å². The zero-order valence-electron chi connectivity index (χ0n) is 6.25. The van der Waals surface area contributed by atoms with Crippen LogP contribution in [0.2, 0.25) is 0 Å². The molecule has 0 radical (unpaired) electrons. The largest absolute Gasteiger partial charge is 0.198 e. The molecule has 0 aliphatic heterocycles. The fourth-order valence-electron chi connectivity index (χ4n) is 1.69. The van der Waals surface area contributed by atoms with Crippen molar-refractivity contribution in [1.29, 1.82) is 5.26 Å². The maximum atomic E-state index is 8.76. The second-order valence-corrected chi connectivity index (χ2v) is 2.92. The van der Waals surface area contributed by atoms with Gasteiger partial charge in [-0.2, -0.15) is 5.26 Å². The molecule has 1 aliphatic rings. The smallest absolute Gasteiger partial charge is 0.0718 e. The van der Waals surface area contributed by atoms with Gasteiger partial charge in [-0.1, -0.05) is 24.3 Å². The molecule has 1 atom stereocenters. The van der Waals surface area contributed by atoms with Crippen molar-refractivity contribution in [2.24, 2.45) is 0 Å². The first-order valence-electron chi connectivity index (χ1n) is 3.89. The number of fused-ring (bicyclic) bond motifs is 1. The second-order valence-electron chi connectivity index (χ2n) is 2.92. The van der Waals surface area contributed by atoms with Crippen LogP contribution in [0.25, 0.3) is 0 Å². The molecule has 0 saturated carbocycles. The van der Waals surface area contributed by atoms with E-state index in [0.29, 0.717) is 0 Å². The van der Waals surface area contributed by atoms with Crippen molar-refractivity contribution in [3.63, 3.8) is 0 Å². The zero-order valence-corrected chi connectivity index (χ0v) is 6.25. The summed E-state index contributed by atoms with van der Waals surface area (Å²) >= 11 is 0. The lowest BCUT2D eigenvalue weighted by Gasteiger charge is -1.98. The van der Waals surface area contributed by atoms with E-state index in [2.05, 4.69) is 18.2 Å². The molecular weight excluding hydrogens is 134 g/mol. The summed E-state index contributed by atoms with van der Waals surface area (Å²) in [4.78, 5) is 0. The SMILES string of the molecule is N#C[C@H]1CCc2ccccc21. The van der Waals surface area contributed by atoms with Gasteiger partial charge in [0.1, 0.15) is 0 Å². The van der Waals surface area contributed by atoms with Gasteiger partial charge in [0.25, 0.3) is 0 Å². The van der Waals surface area contributed by atoms with Crippen LogP contribution in [0.1, 0.15) is 23.5 Å². The number of rotatable bonds is 0. The molecule has 0 unspecified atom stereocenters. The van der Waals surface area contributed by atoms with E-state index in [1.165, 1.54) is 11.1 Å². The maximum Gasteiger partial charge on any atom is 0.0718 e. The molecule has 11 heavy (non-hydrogen) atoms. The third kappa shape index (κ3) is 0.914. The van der Waals surface area contributed by atoms with Crippen molar-refractivity contribution in [3.05, 3.63) is 35.4 Å². The van der Waals surface area contributed by atoms with Gasteiger partial charge in [0.05, 0.1) is 12.0 Å². The van der Waals surface area contributed by atoms with Crippen LogP contribution in [0.4, 0.5) is 0 Å². The molecule has 0 spiro atoms. The average Bonchev–Trinajstić information content (AvgIpc) is 2.47. The molecule has 0 N–H and O–H groups in total. The Labute approximate surface area is 66.3 Å². The zero-order chi connectivity index (χ0) is 7.68. The normalized spacial score (nSPS) is 20.8. The molecule has 0 heterocycles. The monoisotopic (exact) mass is 143 g/mol. The highest BCUT2D eigenvalue weighted by molar-refractivity contribution is 5.38. The first-order chi connectivity index (χ1) is 5.42. The van der Waals surface area contributed by atoms with Gasteiger partial charge in [0.15, 0.2) is 0 Å². The Morgan fingerprint density at radius 1 is 1.36 bits per heavy atom. The highest BCUT2D eigenvalue weighted by atomic mass is 14.3. The summed E-state index contributed by atoms with van der Waals surface area (Å²) in [5.41, 5.74) is 2.61. The van der Waals surface area contributed by atoms with Crippen LogP contribution in [0.15, 0.2) is 24.3 Å². The molecule has 0 bridgehead atoms.